The molecule has 0 saturated carbocycles. The van der Waals surface area contributed by atoms with E-state index in [1.165, 1.54) is 0 Å². The molecule has 0 radical (unpaired) electrons. The number of terminal acetylenes is 1. The Bertz CT molecular complexity index is 1240. The summed E-state index contributed by atoms with van der Waals surface area (Å²) in [7, 11) is 0. The zero-order chi connectivity index (χ0) is 31.4. The first-order valence-electron chi connectivity index (χ1n) is 14.7. The second kappa shape index (κ2) is 16.2. The Morgan fingerprint density at radius 2 is 1.69 bits per heavy atom. The highest BCUT2D eigenvalue weighted by molar-refractivity contribution is 6.34. The minimum atomic E-state index is -1.08. The predicted octanol–water partition coefficient (Wildman–Crippen LogP) is 7.66. The van der Waals surface area contributed by atoms with Crippen molar-refractivity contribution in [2.75, 3.05) is 11.9 Å². The van der Waals surface area contributed by atoms with Crippen molar-refractivity contribution in [3.8, 4) is 12.3 Å². The molecule has 0 aliphatic carbocycles. The molecule has 0 aliphatic rings. The number of carbonyl (C=O) groups excluding carboxylic acids is 3. The summed E-state index contributed by atoms with van der Waals surface area (Å²) in [5.74, 6) is 1.54. The van der Waals surface area contributed by atoms with Gasteiger partial charge in [-0.1, -0.05) is 94.3 Å². The number of halogens is 1. The number of ether oxygens (including phenoxy) is 1. The summed E-state index contributed by atoms with van der Waals surface area (Å²) in [6, 6.07) is 10.4. The quantitative estimate of drug-likeness (QED) is 0.184. The molecule has 3 amide bonds. The van der Waals surface area contributed by atoms with Crippen molar-refractivity contribution in [3.05, 3.63) is 64.2 Å². The van der Waals surface area contributed by atoms with Gasteiger partial charge in [0.15, 0.2) is 0 Å². The van der Waals surface area contributed by atoms with Crippen LogP contribution in [0.25, 0.3) is 0 Å². The lowest BCUT2D eigenvalue weighted by atomic mass is 9.95. The molecule has 0 spiro atoms. The van der Waals surface area contributed by atoms with Gasteiger partial charge in [-0.3, -0.25) is 9.59 Å². The molecule has 2 unspecified atom stereocenters. The SMILES string of the molecule is C#Cc1ccccc1C(C(=O)Nc1c(C)cccc1Cl)N(CCCCCCC)C(=O)C(NC(=O)OC(C)(C)C)C(C)C. The van der Waals surface area contributed by atoms with Crippen LogP contribution in [0.4, 0.5) is 10.5 Å². The van der Waals surface area contributed by atoms with Crippen LogP contribution in [0.3, 0.4) is 0 Å². The van der Waals surface area contributed by atoms with Crippen LogP contribution in [0.15, 0.2) is 42.5 Å². The summed E-state index contributed by atoms with van der Waals surface area (Å²) in [5, 5.41) is 6.11. The summed E-state index contributed by atoms with van der Waals surface area (Å²) >= 11 is 6.47. The minimum absolute atomic E-state index is 0.287. The van der Waals surface area contributed by atoms with Crippen LogP contribution in [-0.2, 0) is 14.3 Å². The number of unbranched alkanes of at least 4 members (excludes halogenated alkanes) is 4. The fourth-order valence-corrected chi connectivity index (χ4v) is 4.95. The van der Waals surface area contributed by atoms with E-state index in [-0.39, 0.29) is 5.92 Å². The number of hydrogen-bond acceptors (Lipinski definition) is 4. The van der Waals surface area contributed by atoms with E-state index in [1.54, 1.807) is 62.1 Å². The number of amides is 3. The number of rotatable bonds is 13. The van der Waals surface area contributed by atoms with Crippen LogP contribution in [-0.4, -0.2) is 41.0 Å². The number of para-hydroxylation sites is 1. The molecule has 0 aliphatic heterocycles. The van der Waals surface area contributed by atoms with E-state index in [9.17, 15) is 14.4 Å². The molecule has 2 aromatic rings. The van der Waals surface area contributed by atoms with Gasteiger partial charge >= 0.3 is 6.09 Å². The Morgan fingerprint density at radius 3 is 2.29 bits per heavy atom. The van der Waals surface area contributed by atoms with E-state index in [1.807, 2.05) is 26.8 Å². The average molecular weight is 596 g/mol. The first-order valence-corrected chi connectivity index (χ1v) is 15.1. The maximum absolute atomic E-state index is 14.4. The van der Waals surface area contributed by atoms with E-state index in [0.717, 1.165) is 31.2 Å². The fraction of sp³-hybridized carbons (Fsp3) is 0.500. The number of aryl methyl sites for hydroxylation is 1. The zero-order valence-electron chi connectivity index (χ0n) is 26.1. The van der Waals surface area contributed by atoms with Gasteiger partial charge in [-0.05, 0) is 63.3 Å². The number of alkyl carbamates (subject to hydrolysis) is 1. The molecule has 2 atom stereocenters. The van der Waals surface area contributed by atoms with Crippen LogP contribution in [0.5, 0.6) is 0 Å². The van der Waals surface area contributed by atoms with Crippen molar-refractivity contribution in [2.24, 2.45) is 5.92 Å². The standard InChI is InChI=1S/C34H46ClN3O4/c1-9-11-12-13-16-22-38(32(40)28(23(3)4)37-33(41)42-34(6,7)8)30(26-20-15-14-19-25(26)10-2)31(39)36-29-24(5)18-17-21-27(29)35/h2,14-15,17-21,23,28,30H,9,11-13,16,22H2,1,3-8H3,(H,36,39)(H,37,41). The van der Waals surface area contributed by atoms with Crippen molar-refractivity contribution in [3.63, 3.8) is 0 Å². The normalized spacial score (nSPS) is 12.7. The third-order valence-corrected chi connectivity index (χ3v) is 7.15. The number of benzene rings is 2. The van der Waals surface area contributed by atoms with E-state index < -0.39 is 35.6 Å². The topological polar surface area (TPSA) is 87.7 Å². The molecule has 2 rings (SSSR count). The Labute approximate surface area is 256 Å². The third kappa shape index (κ3) is 10.1. The van der Waals surface area contributed by atoms with Gasteiger partial charge in [0.2, 0.25) is 5.91 Å². The van der Waals surface area contributed by atoms with Crippen LogP contribution in [0.1, 0.15) is 96.4 Å². The van der Waals surface area contributed by atoms with E-state index in [4.69, 9.17) is 22.8 Å². The second-order valence-corrected chi connectivity index (χ2v) is 12.3. The van der Waals surface area contributed by atoms with Gasteiger partial charge in [0.1, 0.15) is 17.7 Å². The van der Waals surface area contributed by atoms with Crippen molar-refractivity contribution in [2.45, 2.75) is 98.3 Å². The van der Waals surface area contributed by atoms with Gasteiger partial charge in [-0.2, -0.15) is 0 Å². The van der Waals surface area contributed by atoms with Gasteiger partial charge in [-0.15, -0.1) is 6.42 Å². The monoisotopic (exact) mass is 595 g/mol. The summed E-state index contributed by atoms with van der Waals surface area (Å²) in [6.45, 7) is 13.2. The van der Waals surface area contributed by atoms with Gasteiger partial charge in [-0.25, -0.2) is 4.79 Å². The number of nitrogens with zero attached hydrogens (tertiary/aromatic N) is 1. The maximum Gasteiger partial charge on any atom is 0.408 e. The summed E-state index contributed by atoms with van der Waals surface area (Å²) in [6.07, 6.45) is 9.91. The van der Waals surface area contributed by atoms with Crippen LogP contribution >= 0.6 is 11.6 Å². The fourth-order valence-electron chi connectivity index (χ4n) is 4.68. The van der Waals surface area contributed by atoms with Crippen molar-refractivity contribution in [1.82, 2.24) is 10.2 Å². The molecule has 0 heterocycles. The first-order chi connectivity index (χ1) is 19.8. The molecule has 7 nitrogen and oxygen atoms in total. The van der Waals surface area contributed by atoms with Crippen molar-refractivity contribution in [1.29, 1.82) is 0 Å². The summed E-state index contributed by atoms with van der Waals surface area (Å²) < 4.78 is 5.47. The van der Waals surface area contributed by atoms with E-state index in [0.29, 0.717) is 34.8 Å². The van der Waals surface area contributed by atoms with Crippen LogP contribution in [0.2, 0.25) is 5.02 Å². The molecular formula is C34H46ClN3O4. The Balaban J connectivity index is 2.62. The lowest BCUT2D eigenvalue weighted by Gasteiger charge is -2.36. The van der Waals surface area contributed by atoms with Gasteiger partial charge in [0, 0.05) is 12.1 Å². The first kappa shape index (κ1) is 34.7. The highest BCUT2D eigenvalue weighted by Gasteiger charge is 2.38. The molecule has 42 heavy (non-hydrogen) atoms. The smallest absolute Gasteiger partial charge is 0.408 e. The predicted molar refractivity (Wildman–Crippen MR) is 170 cm³/mol. The highest BCUT2D eigenvalue weighted by Crippen LogP contribution is 2.31. The second-order valence-electron chi connectivity index (χ2n) is 11.9. The Kier molecular flexibility index (Phi) is 13.4. The average Bonchev–Trinajstić information content (AvgIpc) is 2.91. The van der Waals surface area contributed by atoms with E-state index >= 15 is 0 Å². The maximum atomic E-state index is 14.4. The largest absolute Gasteiger partial charge is 0.444 e. The van der Waals surface area contributed by atoms with Crippen LogP contribution in [0, 0.1) is 25.2 Å². The minimum Gasteiger partial charge on any atom is -0.444 e. The molecule has 8 heteroatoms. The number of anilines is 1. The number of hydrogen-bond donors (Lipinski definition) is 2. The molecule has 228 valence electrons. The molecule has 0 saturated heterocycles. The molecular weight excluding hydrogens is 550 g/mol. The van der Waals surface area contributed by atoms with Crippen molar-refractivity contribution >= 4 is 35.2 Å². The lowest BCUT2D eigenvalue weighted by Crippen LogP contribution is -2.54. The Morgan fingerprint density at radius 1 is 1.02 bits per heavy atom. The van der Waals surface area contributed by atoms with Gasteiger partial charge in [0.25, 0.3) is 5.91 Å². The molecule has 2 N–H and O–H groups in total. The summed E-state index contributed by atoms with van der Waals surface area (Å²) in [5.41, 5.74) is 1.52. The van der Waals surface area contributed by atoms with Gasteiger partial charge < -0.3 is 20.3 Å². The zero-order valence-corrected chi connectivity index (χ0v) is 26.8. The van der Waals surface area contributed by atoms with Crippen molar-refractivity contribution < 1.29 is 19.1 Å². The summed E-state index contributed by atoms with van der Waals surface area (Å²) in [4.78, 5) is 43.0. The van der Waals surface area contributed by atoms with Crippen LogP contribution < -0.4 is 10.6 Å². The molecule has 0 fully saturated rings. The Hall–Kier alpha value is -3.50. The van der Waals surface area contributed by atoms with E-state index in [2.05, 4.69) is 23.5 Å². The molecule has 2 aromatic carbocycles. The number of nitrogens with one attached hydrogen (secondary N) is 2. The lowest BCUT2D eigenvalue weighted by molar-refractivity contribution is -0.141. The third-order valence-electron chi connectivity index (χ3n) is 6.83. The molecule has 0 aromatic heterocycles. The molecule has 0 bridgehead atoms. The highest BCUT2D eigenvalue weighted by atomic mass is 35.5. The van der Waals surface area contributed by atoms with Gasteiger partial charge in [0.05, 0.1) is 10.7 Å². The number of carbonyl (C=O) groups is 3.